The van der Waals surface area contributed by atoms with E-state index in [4.69, 9.17) is 0 Å². The van der Waals surface area contributed by atoms with Crippen LogP contribution in [0.1, 0.15) is 12.5 Å². The summed E-state index contributed by atoms with van der Waals surface area (Å²) < 4.78 is 0. The van der Waals surface area contributed by atoms with Crippen molar-refractivity contribution in [3.05, 3.63) is 29.8 Å². The highest BCUT2D eigenvalue weighted by Crippen LogP contribution is 2.27. The van der Waals surface area contributed by atoms with Crippen LogP contribution in [0.15, 0.2) is 24.3 Å². The van der Waals surface area contributed by atoms with Crippen LogP contribution < -0.4 is 10.2 Å². The van der Waals surface area contributed by atoms with Gasteiger partial charge in [0.25, 0.3) is 0 Å². The van der Waals surface area contributed by atoms with Crippen LogP contribution >= 0.6 is 0 Å². The van der Waals surface area contributed by atoms with Crippen LogP contribution in [0.5, 0.6) is 0 Å². The van der Waals surface area contributed by atoms with E-state index in [1.165, 1.54) is 5.56 Å². The van der Waals surface area contributed by atoms with Crippen molar-refractivity contribution in [2.75, 3.05) is 37.6 Å². The maximum Gasteiger partial charge on any atom is 0.241 e. The van der Waals surface area contributed by atoms with Gasteiger partial charge < -0.3 is 10.2 Å². The Morgan fingerprint density at radius 2 is 2.21 bits per heavy atom. The molecule has 2 heterocycles. The average Bonchev–Trinajstić information content (AvgIpc) is 2.85. The zero-order chi connectivity index (χ0) is 13.2. The molecule has 0 unspecified atom stereocenters. The molecule has 1 N–H and O–H groups in total. The largest absolute Gasteiger partial charge is 0.314 e. The van der Waals surface area contributed by atoms with Gasteiger partial charge in [-0.3, -0.25) is 9.69 Å². The van der Waals surface area contributed by atoms with Crippen LogP contribution in [0.2, 0.25) is 0 Å². The minimum Gasteiger partial charge on any atom is -0.314 e. The number of amides is 1. The SMILES string of the molecule is C[C@H]1CNCCN1CC(=O)N1CCc2ccccc21. The third-order valence-electron chi connectivity index (χ3n) is 4.17. The Morgan fingerprint density at radius 1 is 1.37 bits per heavy atom. The van der Waals surface area contributed by atoms with E-state index in [0.717, 1.165) is 38.3 Å². The third-order valence-corrected chi connectivity index (χ3v) is 4.17. The average molecular weight is 259 g/mol. The highest BCUT2D eigenvalue weighted by Gasteiger charge is 2.27. The number of rotatable bonds is 2. The van der Waals surface area contributed by atoms with Crippen molar-refractivity contribution < 1.29 is 4.79 Å². The quantitative estimate of drug-likeness (QED) is 0.856. The van der Waals surface area contributed by atoms with E-state index in [1.807, 2.05) is 17.0 Å². The first-order valence-corrected chi connectivity index (χ1v) is 7.09. The smallest absolute Gasteiger partial charge is 0.241 e. The van der Waals surface area contributed by atoms with Gasteiger partial charge in [0.15, 0.2) is 0 Å². The lowest BCUT2D eigenvalue weighted by molar-refractivity contribution is -0.120. The van der Waals surface area contributed by atoms with Crippen LogP contribution in [-0.2, 0) is 11.2 Å². The molecular formula is C15H21N3O. The molecule has 0 aliphatic carbocycles. The molecule has 0 spiro atoms. The Balaban J connectivity index is 1.68. The number of fused-ring (bicyclic) bond motifs is 1. The van der Waals surface area contributed by atoms with Gasteiger partial charge in [-0.25, -0.2) is 0 Å². The molecule has 1 saturated heterocycles. The maximum absolute atomic E-state index is 12.5. The van der Waals surface area contributed by atoms with Crippen molar-refractivity contribution in [2.24, 2.45) is 0 Å². The summed E-state index contributed by atoms with van der Waals surface area (Å²) in [6.07, 6.45) is 0.985. The first-order chi connectivity index (χ1) is 9.25. The minimum absolute atomic E-state index is 0.235. The van der Waals surface area contributed by atoms with Gasteiger partial charge in [-0.15, -0.1) is 0 Å². The molecule has 1 aromatic rings. The molecule has 1 fully saturated rings. The standard InChI is InChI=1S/C15H21N3O/c1-12-10-16-7-9-17(12)11-15(19)18-8-6-13-4-2-3-5-14(13)18/h2-5,12,16H,6-11H2,1H3/t12-/m0/s1. The van der Waals surface area contributed by atoms with Crippen molar-refractivity contribution in [3.63, 3.8) is 0 Å². The molecule has 0 aromatic heterocycles. The normalized spacial score (nSPS) is 23.4. The highest BCUT2D eigenvalue weighted by atomic mass is 16.2. The second-order valence-corrected chi connectivity index (χ2v) is 5.45. The summed E-state index contributed by atoms with van der Waals surface area (Å²) in [6.45, 7) is 6.47. The van der Waals surface area contributed by atoms with Crippen molar-refractivity contribution in [3.8, 4) is 0 Å². The Morgan fingerprint density at radius 3 is 3.05 bits per heavy atom. The predicted octanol–water partition coefficient (Wildman–Crippen LogP) is 0.869. The summed E-state index contributed by atoms with van der Waals surface area (Å²) in [5.41, 5.74) is 2.40. The molecule has 19 heavy (non-hydrogen) atoms. The number of anilines is 1. The number of para-hydroxylation sites is 1. The summed E-state index contributed by atoms with van der Waals surface area (Å²) in [7, 11) is 0. The van der Waals surface area contributed by atoms with E-state index in [9.17, 15) is 4.79 Å². The lowest BCUT2D eigenvalue weighted by Crippen LogP contribution is -2.53. The van der Waals surface area contributed by atoms with Gasteiger partial charge in [0.2, 0.25) is 5.91 Å². The van der Waals surface area contributed by atoms with Crippen LogP contribution in [0.25, 0.3) is 0 Å². The highest BCUT2D eigenvalue weighted by molar-refractivity contribution is 5.96. The summed E-state index contributed by atoms with van der Waals surface area (Å²) in [5, 5.41) is 3.36. The number of carbonyl (C=O) groups is 1. The number of benzene rings is 1. The number of hydrogen-bond acceptors (Lipinski definition) is 3. The summed E-state index contributed by atoms with van der Waals surface area (Å²) in [6, 6.07) is 8.68. The van der Waals surface area contributed by atoms with Gasteiger partial charge in [-0.2, -0.15) is 0 Å². The molecule has 102 valence electrons. The number of nitrogens with one attached hydrogen (secondary N) is 1. The molecule has 3 rings (SSSR count). The van der Waals surface area contributed by atoms with Crippen molar-refractivity contribution in [2.45, 2.75) is 19.4 Å². The Labute approximate surface area is 114 Å². The molecule has 4 nitrogen and oxygen atoms in total. The Kier molecular flexibility index (Phi) is 3.53. The Hall–Kier alpha value is -1.39. The molecule has 2 aliphatic rings. The fourth-order valence-corrected chi connectivity index (χ4v) is 2.97. The molecule has 0 bridgehead atoms. The Bertz CT molecular complexity index is 474. The second-order valence-electron chi connectivity index (χ2n) is 5.45. The molecule has 0 radical (unpaired) electrons. The van der Waals surface area contributed by atoms with Crippen molar-refractivity contribution in [1.82, 2.24) is 10.2 Å². The van der Waals surface area contributed by atoms with E-state index in [-0.39, 0.29) is 5.91 Å². The summed E-state index contributed by atoms with van der Waals surface area (Å²) >= 11 is 0. The number of hydrogen-bond donors (Lipinski definition) is 1. The summed E-state index contributed by atoms with van der Waals surface area (Å²) in [5.74, 6) is 0.235. The zero-order valence-corrected chi connectivity index (χ0v) is 11.4. The molecule has 2 aliphatic heterocycles. The van der Waals surface area contributed by atoms with E-state index in [1.54, 1.807) is 0 Å². The molecule has 0 saturated carbocycles. The van der Waals surface area contributed by atoms with E-state index >= 15 is 0 Å². The monoisotopic (exact) mass is 259 g/mol. The van der Waals surface area contributed by atoms with E-state index in [2.05, 4.69) is 29.3 Å². The fraction of sp³-hybridized carbons (Fsp3) is 0.533. The number of nitrogens with zero attached hydrogens (tertiary/aromatic N) is 2. The van der Waals surface area contributed by atoms with Gasteiger partial charge in [0, 0.05) is 37.9 Å². The van der Waals surface area contributed by atoms with Crippen LogP contribution in [0, 0.1) is 0 Å². The van der Waals surface area contributed by atoms with Gasteiger partial charge in [-0.1, -0.05) is 18.2 Å². The fourth-order valence-electron chi connectivity index (χ4n) is 2.97. The van der Waals surface area contributed by atoms with Crippen molar-refractivity contribution in [1.29, 1.82) is 0 Å². The van der Waals surface area contributed by atoms with Crippen molar-refractivity contribution >= 4 is 11.6 Å². The lowest BCUT2D eigenvalue weighted by Gasteiger charge is -2.34. The molecular weight excluding hydrogens is 238 g/mol. The maximum atomic E-state index is 12.5. The van der Waals surface area contributed by atoms with Gasteiger partial charge in [0.1, 0.15) is 0 Å². The zero-order valence-electron chi connectivity index (χ0n) is 11.4. The topological polar surface area (TPSA) is 35.6 Å². The predicted molar refractivity (Wildman–Crippen MR) is 76.4 cm³/mol. The molecule has 1 atom stereocenters. The van der Waals surface area contributed by atoms with E-state index < -0.39 is 0 Å². The first-order valence-electron chi connectivity index (χ1n) is 7.09. The number of piperazine rings is 1. The third kappa shape index (κ3) is 2.51. The van der Waals surface area contributed by atoms with Crippen LogP contribution in [0.4, 0.5) is 5.69 Å². The lowest BCUT2D eigenvalue weighted by atomic mass is 10.2. The van der Waals surface area contributed by atoms with Crippen LogP contribution in [-0.4, -0.2) is 49.6 Å². The number of carbonyl (C=O) groups excluding carboxylic acids is 1. The second kappa shape index (κ2) is 5.31. The van der Waals surface area contributed by atoms with Gasteiger partial charge in [-0.05, 0) is 25.0 Å². The molecule has 1 amide bonds. The van der Waals surface area contributed by atoms with E-state index in [0.29, 0.717) is 12.6 Å². The molecule has 1 aromatic carbocycles. The summed E-state index contributed by atoms with van der Waals surface area (Å²) in [4.78, 5) is 16.7. The van der Waals surface area contributed by atoms with Crippen LogP contribution in [0.3, 0.4) is 0 Å². The molecule has 4 heteroatoms. The first kappa shape index (κ1) is 12.6. The van der Waals surface area contributed by atoms with Gasteiger partial charge >= 0.3 is 0 Å². The van der Waals surface area contributed by atoms with Gasteiger partial charge in [0.05, 0.1) is 6.54 Å². The minimum atomic E-state index is 0.235.